The van der Waals surface area contributed by atoms with Gasteiger partial charge in [0.25, 0.3) is 0 Å². The Bertz CT molecular complexity index is 239. The van der Waals surface area contributed by atoms with Gasteiger partial charge < -0.3 is 10.1 Å². The van der Waals surface area contributed by atoms with Crippen molar-refractivity contribution in [3.05, 3.63) is 30.1 Å². The van der Waals surface area contributed by atoms with Crippen molar-refractivity contribution in [2.75, 3.05) is 19.8 Å². The third-order valence-electron chi connectivity index (χ3n) is 2.13. The molecular weight excluding hydrogens is 188 g/mol. The van der Waals surface area contributed by atoms with E-state index in [1.807, 2.05) is 31.3 Å². The molecule has 0 aliphatic carbocycles. The first kappa shape index (κ1) is 12.1. The van der Waals surface area contributed by atoms with E-state index in [9.17, 15) is 0 Å². The van der Waals surface area contributed by atoms with Crippen LogP contribution in [0.15, 0.2) is 24.4 Å². The van der Waals surface area contributed by atoms with E-state index in [0.29, 0.717) is 0 Å². The molecule has 0 aliphatic rings. The molecule has 1 N–H and O–H groups in total. The molecule has 0 fully saturated rings. The van der Waals surface area contributed by atoms with E-state index in [0.717, 1.165) is 44.8 Å². The molecule has 0 bridgehead atoms. The predicted octanol–water partition coefficient (Wildman–Crippen LogP) is 1.99. The molecule has 0 radical (unpaired) electrons. The van der Waals surface area contributed by atoms with E-state index < -0.39 is 0 Å². The van der Waals surface area contributed by atoms with Crippen LogP contribution in [0.3, 0.4) is 0 Å². The number of nitrogens with zero attached hydrogens (tertiary/aromatic N) is 1. The number of rotatable bonds is 8. The minimum absolute atomic E-state index is 0.821. The molecule has 0 unspecified atom stereocenters. The topological polar surface area (TPSA) is 34.1 Å². The number of pyridine rings is 1. The normalized spacial score (nSPS) is 10.5. The monoisotopic (exact) mass is 208 g/mol. The Morgan fingerprint density at radius 1 is 1.33 bits per heavy atom. The maximum atomic E-state index is 5.26. The maximum Gasteiger partial charge on any atom is 0.0541 e. The van der Waals surface area contributed by atoms with Crippen LogP contribution >= 0.6 is 0 Å². The van der Waals surface area contributed by atoms with Gasteiger partial charge in [0.15, 0.2) is 0 Å². The lowest BCUT2D eigenvalue weighted by Gasteiger charge is -2.04. The Balaban J connectivity index is 1.93. The summed E-state index contributed by atoms with van der Waals surface area (Å²) < 4.78 is 5.26. The standard InChI is InChI=1S/C12H20N2O/c1-2-15-10-6-5-8-13-11-12-7-3-4-9-14-12/h3-4,7,9,13H,2,5-6,8,10-11H2,1H3. The molecule has 3 nitrogen and oxygen atoms in total. The van der Waals surface area contributed by atoms with Gasteiger partial charge in [-0.25, -0.2) is 0 Å². The molecule has 1 aromatic heterocycles. The average Bonchev–Trinajstić information content (AvgIpc) is 2.29. The fraction of sp³-hybridized carbons (Fsp3) is 0.583. The average molecular weight is 208 g/mol. The van der Waals surface area contributed by atoms with E-state index in [1.54, 1.807) is 0 Å². The van der Waals surface area contributed by atoms with Crippen molar-refractivity contribution in [2.24, 2.45) is 0 Å². The van der Waals surface area contributed by atoms with Crippen molar-refractivity contribution in [2.45, 2.75) is 26.3 Å². The molecule has 0 atom stereocenters. The van der Waals surface area contributed by atoms with Gasteiger partial charge in [0.2, 0.25) is 0 Å². The summed E-state index contributed by atoms with van der Waals surface area (Å²) in [5.41, 5.74) is 1.10. The summed E-state index contributed by atoms with van der Waals surface area (Å²) in [7, 11) is 0. The first-order valence-electron chi connectivity index (χ1n) is 5.62. The van der Waals surface area contributed by atoms with Crippen LogP contribution < -0.4 is 5.32 Å². The van der Waals surface area contributed by atoms with Gasteiger partial charge in [-0.2, -0.15) is 0 Å². The molecular formula is C12H20N2O. The van der Waals surface area contributed by atoms with Crippen LogP contribution in [0.1, 0.15) is 25.5 Å². The summed E-state index contributed by atoms with van der Waals surface area (Å²) in [6.07, 6.45) is 4.11. The molecule has 0 amide bonds. The second-order valence-electron chi connectivity index (χ2n) is 3.40. The maximum absolute atomic E-state index is 5.26. The van der Waals surface area contributed by atoms with E-state index in [2.05, 4.69) is 10.3 Å². The molecule has 0 spiro atoms. The van der Waals surface area contributed by atoms with Gasteiger partial charge >= 0.3 is 0 Å². The predicted molar refractivity (Wildman–Crippen MR) is 61.7 cm³/mol. The van der Waals surface area contributed by atoms with E-state index in [1.165, 1.54) is 0 Å². The smallest absolute Gasteiger partial charge is 0.0541 e. The van der Waals surface area contributed by atoms with Gasteiger partial charge in [-0.3, -0.25) is 4.98 Å². The summed E-state index contributed by atoms with van der Waals surface area (Å²) in [5, 5.41) is 3.36. The van der Waals surface area contributed by atoms with E-state index in [4.69, 9.17) is 4.74 Å². The van der Waals surface area contributed by atoms with Crippen molar-refractivity contribution < 1.29 is 4.74 Å². The molecule has 3 heteroatoms. The van der Waals surface area contributed by atoms with Crippen LogP contribution in [-0.4, -0.2) is 24.7 Å². The highest BCUT2D eigenvalue weighted by Gasteiger charge is 1.92. The number of ether oxygens (including phenoxy) is 1. The fourth-order valence-electron chi connectivity index (χ4n) is 1.32. The number of hydrogen-bond donors (Lipinski definition) is 1. The molecule has 15 heavy (non-hydrogen) atoms. The number of nitrogens with one attached hydrogen (secondary N) is 1. The third-order valence-corrected chi connectivity index (χ3v) is 2.13. The summed E-state index contributed by atoms with van der Waals surface area (Å²) >= 11 is 0. The van der Waals surface area contributed by atoms with Gasteiger partial charge in [-0.15, -0.1) is 0 Å². The van der Waals surface area contributed by atoms with Crippen LogP contribution in [0.25, 0.3) is 0 Å². The zero-order valence-corrected chi connectivity index (χ0v) is 9.41. The molecule has 0 aromatic carbocycles. The molecule has 1 rings (SSSR count). The summed E-state index contributed by atoms with van der Waals surface area (Å²) in [4.78, 5) is 4.24. The minimum Gasteiger partial charge on any atom is -0.382 e. The van der Waals surface area contributed by atoms with Gasteiger partial charge in [0.05, 0.1) is 5.69 Å². The van der Waals surface area contributed by atoms with Crippen LogP contribution in [-0.2, 0) is 11.3 Å². The lowest BCUT2D eigenvalue weighted by Crippen LogP contribution is -2.15. The van der Waals surface area contributed by atoms with Crippen molar-refractivity contribution in [1.29, 1.82) is 0 Å². The number of unbranched alkanes of at least 4 members (excludes halogenated alkanes) is 1. The van der Waals surface area contributed by atoms with E-state index >= 15 is 0 Å². The van der Waals surface area contributed by atoms with Crippen molar-refractivity contribution >= 4 is 0 Å². The summed E-state index contributed by atoms with van der Waals surface area (Å²) in [6.45, 7) is 5.61. The van der Waals surface area contributed by atoms with Crippen molar-refractivity contribution in [1.82, 2.24) is 10.3 Å². The molecule has 0 aliphatic heterocycles. The molecule has 0 saturated heterocycles. The Labute approximate surface area is 91.9 Å². The Hall–Kier alpha value is -0.930. The van der Waals surface area contributed by atoms with Gasteiger partial charge in [-0.05, 0) is 38.4 Å². The second-order valence-corrected chi connectivity index (χ2v) is 3.40. The van der Waals surface area contributed by atoms with Crippen LogP contribution in [0.2, 0.25) is 0 Å². The first-order valence-corrected chi connectivity index (χ1v) is 5.62. The van der Waals surface area contributed by atoms with Crippen molar-refractivity contribution in [3.8, 4) is 0 Å². The fourth-order valence-corrected chi connectivity index (χ4v) is 1.32. The van der Waals surface area contributed by atoms with Gasteiger partial charge in [-0.1, -0.05) is 6.07 Å². The highest BCUT2D eigenvalue weighted by atomic mass is 16.5. The SMILES string of the molecule is CCOCCCCNCc1ccccn1. The quantitative estimate of drug-likeness (QED) is 0.663. The molecule has 1 aromatic rings. The van der Waals surface area contributed by atoms with Crippen LogP contribution in [0, 0.1) is 0 Å². The second kappa shape index (κ2) is 8.38. The lowest BCUT2D eigenvalue weighted by atomic mass is 10.3. The zero-order valence-electron chi connectivity index (χ0n) is 9.41. The largest absolute Gasteiger partial charge is 0.382 e. The minimum atomic E-state index is 0.821. The summed E-state index contributed by atoms with van der Waals surface area (Å²) in [5.74, 6) is 0. The highest BCUT2D eigenvalue weighted by molar-refractivity contribution is 5.02. The van der Waals surface area contributed by atoms with Gasteiger partial charge in [0, 0.05) is 26.0 Å². The zero-order chi connectivity index (χ0) is 10.8. The number of aromatic nitrogens is 1. The highest BCUT2D eigenvalue weighted by Crippen LogP contribution is 1.93. The van der Waals surface area contributed by atoms with Crippen LogP contribution in [0.5, 0.6) is 0 Å². The molecule has 1 heterocycles. The third kappa shape index (κ3) is 6.20. The lowest BCUT2D eigenvalue weighted by molar-refractivity contribution is 0.143. The van der Waals surface area contributed by atoms with E-state index in [-0.39, 0.29) is 0 Å². The molecule has 0 saturated carbocycles. The Morgan fingerprint density at radius 3 is 3.00 bits per heavy atom. The Kier molecular flexibility index (Phi) is 6.79. The molecule has 84 valence electrons. The van der Waals surface area contributed by atoms with Crippen LogP contribution in [0.4, 0.5) is 0 Å². The summed E-state index contributed by atoms with van der Waals surface area (Å²) in [6, 6.07) is 5.98. The Morgan fingerprint density at radius 2 is 2.27 bits per heavy atom. The van der Waals surface area contributed by atoms with Gasteiger partial charge in [0.1, 0.15) is 0 Å². The van der Waals surface area contributed by atoms with Crippen molar-refractivity contribution in [3.63, 3.8) is 0 Å². The number of hydrogen-bond acceptors (Lipinski definition) is 3. The first-order chi connectivity index (χ1) is 7.43.